The van der Waals surface area contributed by atoms with Gasteiger partial charge in [0.15, 0.2) is 0 Å². The van der Waals surface area contributed by atoms with Crippen LogP contribution in [0, 0.1) is 0 Å². The third kappa shape index (κ3) is 2.22. The molecule has 2 nitrogen and oxygen atoms in total. The first kappa shape index (κ1) is 11.1. The van der Waals surface area contributed by atoms with Crippen molar-refractivity contribution in [1.82, 2.24) is 9.97 Å². The molecular formula is C13H13ClN2. The number of hydrogen-bond acceptors (Lipinski definition) is 2. The van der Waals surface area contributed by atoms with Gasteiger partial charge < -0.3 is 0 Å². The normalized spacial score (nSPS) is 10.8. The Hall–Kier alpha value is -1.41. The second kappa shape index (κ2) is 4.62. The van der Waals surface area contributed by atoms with Crippen molar-refractivity contribution >= 4 is 11.6 Å². The van der Waals surface area contributed by atoms with Gasteiger partial charge in [0.1, 0.15) is 0 Å². The van der Waals surface area contributed by atoms with Gasteiger partial charge in [0.2, 0.25) is 0 Å². The molecule has 2 rings (SSSR count). The van der Waals surface area contributed by atoms with Crippen LogP contribution in [0.5, 0.6) is 0 Å². The van der Waals surface area contributed by atoms with E-state index in [1.807, 2.05) is 24.4 Å². The first-order valence-corrected chi connectivity index (χ1v) is 5.62. The summed E-state index contributed by atoms with van der Waals surface area (Å²) < 4.78 is 0. The monoisotopic (exact) mass is 232 g/mol. The van der Waals surface area contributed by atoms with Gasteiger partial charge >= 0.3 is 0 Å². The molecule has 0 aliphatic carbocycles. The maximum atomic E-state index is 5.99. The van der Waals surface area contributed by atoms with Crippen LogP contribution in [0.2, 0.25) is 5.02 Å². The summed E-state index contributed by atoms with van der Waals surface area (Å²) in [4.78, 5) is 8.51. The fourth-order valence-electron chi connectivity index (χ4n) is 1.66. The molecule has 0 aliphatic rings. The van der Waals surface area contributed by atoms with Crippen LogP contribution in [-0.2, 0) is 0 Å². The van der Waals surface area contributed by atoms with Crippen molar-refractivity contribution in [1.29, 1.82) is 0 Å². The Labute approximate surface area is 100 Å². The molecule has 3 heteroatoms. The molecule has 0 aliphatic heterocycles. The minimum absolute atomic E-state index is 0.368. The molecule has 2 heterocycles. The highest BCUT2D eigenvalue weighted by molar-refractivity contribution is 6.30. The van der Waals surface area contributed by atoms with Crippen molar-refractivity contribution in [3.05, 3.63) is 47.5 Å². The largest absolute Gasteiger partial charge is 0.264 e. The summed E-state index contributed by atoms with van der Waals surface area (Å²) >= 11 is 5.99. The molecular weight excluding hydrogens is 220 g/mol. The molecule has 82 valence electrons. The average Bonchev–Trinajstić information content (AvgIpc) is 2.29. The van der Waals surface area contributed by atoms with E-state index in [-0.39, 0.29) is 0 Å². The van der Waals surface area contributed by atoms with Crippen LogP contribution in [0.15, 0.2) is 36.8 Å². The molecule has 0 amide bonds. The molecule has 0 saturated heterocycles. The highest BCUT2D eigenvalue weighted by Crippen LogP contribution is 2.28. The SMILES string of the molecule is CC(C)c1ncc(Cl)cc1-c1cccnc1. The Morgan fingerprint density at radius 3 is 2.69 bits per heavy atom. The van der Waals surface area contributed by atoms with Crippen LogP contribution >= 0.6 is 11.6 Å². The van der Waals surface area contributed by atoms with E-state index in [0.717, 1.165) is 16.8 Å². The van der Waals surface area contributed by atoms with E-state index in [9.17, 15) is 0 Å². The quantitative estimate of drug-likeness (QED) is 0.784. The molecule has 0 fully saturated rings. The first-order valence-electron chi connectivity index (χ1n) is 5.24. The Bertz CT molecular complexity index is 481. The second-order valence-corrected chi connectivity index (χ2v) is 4.42. The van der Waals surface area contributed by atoms with Crippen LogP contribution in [0.3, 0.4) is 0 Å². The fourth-order valence-corrected chi connectivity index (χ4v) is 1.82. The maximum absolute atomic E-state index is 5.99. The molecule has 0 atom stereocenters. The lowest BCUT2D eigenvalue weighted by atomic mass is 9.99. The zero-order valence-electron chi connectivity index (χ0n) is 9.31. The number of aromatic nitrogens is 2. The van der Waals surface area contributed by atoms with Crippen LogP contribution in [0.4, 0.5) is 0 Å². The molecule has 2 aromatic rings. The third-order valence-corrected chi connectivity index (χ3v) is 2.61. The highest BCUT2D eigenvalue weighted by atomic mass is 35.5. The molecule has 0 bridgehead atoms. The van der Waals surface area contributed by atoms with Crippen molar-refractivity contribution in [3.63, 3.8) is 0 Å². The Morgan fingerprint density at radius 2 is 2.06 bits per heavy atom. The van der Waals surface area contributed by atoms with Gasteiger partial charge in [0, 0.05) is 29.7 Å². The summed E-state index contributed by atoms with van der Waals surface area (Å²) in [5.74, 6) is 0.368. The van der Waals surface area contributed by atoms with Crippen molar-refractivity contribution in [2.75, 3.05) is 0 Å². The molecule has 0 spiro atoms. The van der Waals surface area contributed by atoms with Gasteiger partial charge in [-0.25, -0.2) is 0 Å². The van der Waals surface area contributed by atoms with Gasteiger partial charge in [-0.15, -0.1) is 0 Å². The number of rotatable bonds is 2. The minimum Gasteiger partial charge on any atom is -0.264 e. The van der Waals surface area contributed by atoms with E-state index < -0.39 is 0 Å². The van der Waals surface area contributed by atoms with E-state index in [4.69, 9.17) is 11.6 Å². The Kier molecular flexibility index (Phi) is 3.20. The van der Waals surface area contributed by atoms with Crippen molar-refractivity contribution in [2.45, 2.75) is 19.8 Å². The van der Waals surface area contributed by atoms with Gasteiger partial charge in [-0.1, -0.05) is 31.5 Å². The Balaban J connectivity index is 2.58. The van der Waals surface area contributed by atoms with Crippen molar-refractivity contribution in [2.24, 2.45) is 0 Å². The fraction of sp³-hybridized carbons (Fsp3) is 0.231. The van der Waals surface area contributed by atoms with E-state index in [0.29, 0.717) is 10.9 Å². The lowest BCUT2D eigenvalue weighted by Crippen LogP contribution is -1.96. The van der Waals surface area contributed by atoms with Crippen LogP contribution < -0.4 is 0 Å². The lowest BCUT2D eigenvalue weighted by molar-refractivity contribution is 0.825. The van der Waals surface area contributed by atoms with Crippen molar-refractivity contribution in [3.8, 4) is 11.1 Å². The van der Waals surface area contributed by atoms with Gasteiger partial charge in [-0.05, 0) is 18.1 Å². The zero-order chi connectivity index (χ0) is 11.5. The molecule has 0 aromatic carbocycles. The van der Waals surface area contributed by atoms with E-state index >= 15 is 0 Å². The number of hydrogen-bond donors (Lipinski definition) is 0. The van der Waals surface area contributed by atoms with Crippen LogP contribution in [-0.4, -0.2) is 9.97 Å². The summed E-state index contributed by atoms with van der Waals surface area (Å²) in [6.45, 7) is 4.24. The van der Waals surface area contributed by atoms with E-state index in [2.05, 4.69) is 23.8 Å². The third-order valence-electron chi connectivity index (χ3n) is 2.40. The van der Waals surface area contributed by atoms with Crippen molar-refractivity contribution < 1.29 is 0 Å². The van der Waals surface area contributed by atoms with Gasteiger partial charge in [0.05, 0.1) is 10.7 Å². The number of pyridine rings is 2. The summed E-state index contributed by atoms with van der Waals surface area (Å²) in [7, 11) is 0. The number of halogens is 1. The zero-order valence-corrected chi connectivity index (χ0v) is 10.1. The topological polar surface area (TPSA) is 25.8 Å². The summed E-state index contributed by atoms with van der Waals surface area (Å²) in [6, 6.07) is 5.88. The maximum Gasteiger partial charge on any atom is 0.0595 e. The smallest absolute Gasteiger partial charge is 0.0595 e. The summed E-state index contributed by atoms with van der Waals surface area (Å²) in [5, 5.41) is 0.656. The van der Waals surface area contributed by atoms with E-state index in [1.165, 1.54) is 0 Å². The van der Waals surface area contributed by atoms with Crippen LogP contribution in [0.1, 0.15) is 25.5 Å². The molecule has 0 radical (unpaired) electrons. The molecule has 2 aromatic heterocycles. The standard InChI is InChI=1S/C13H13ClN2/c1-9(2)13-12(6-11(14)8-16-13)10-4-3-5-15-7-10/h3-9H,1-2H3. The predicted octanol–water partition coefficient (Wildman–Crippen LogP) is 3.92. The summed E-state index contributed by atoms with van der Waals surface area (Å²) in [5.41, 5.74) is 3.18. The second-order valence-electron chi connectivity index (χ2n) is 3.98. The lowest BCUT2D eigenvalue weighted by Gasteiger charge is -2.11. The van der Waals surface area contributed by atoms with Gasteiger partial charge in [-0.3, -0.25) is 9.97 Å². The molecule has 0 unspecified atom stereocenters. The number of nitrogens with zero attached hydrogens (tertiary/aromatic N) is 2. The van der Waals surface area contributed by atoms with Crippen LogP contribution in [0.25, 0.3) is 11.1 Å². The molecule has 16 heavy (non-hydrogen) atoms. The predicted molar refractivity (Wildman–Crippen MR) is 66.6 cm³/mol. The average molecular weight is 233 g/mol. The van der Waals surface area contributed by atoms with Gasteiger partial charge in [-0.2, -0.15) is 0 Å². The summed E-state index contributed by atoms with van der Waals surface area (Å²) in [6.07, 6.45) is 5.28. The van der Waals surface area contributed by atoms with Gasteiger partial charge in [0.25, 0.3) is 0 Å². The highest BCUT2D eigenvalue weighted by Gasteiger charge is 2.10. The first-order chi connectivity index (χ1) is 7.68. The minimum atomic E-state index is 0.368. The Morgan fingerprint density at radius 1 is 1.25 bits per heavy atom. The molecule has 0 N–H and O–H groups in total. The van der Waals surface area contributed by atoms with E-state index in [1.54, 1.807) is 12.4 Å². The molecule has 0 saturated carbocycles.